The van der Waals surface area contributed by atoms with Gasteiger partial charge in [-0.05, 0) is 19.8 Å². The number of hydrogen-bond acceptors (Lipinski definition) is 6. The van der Waals surface area contributed by atoms with E-state index in [9.17, 15) is 0 Å². The largest absolute Gasteiger partial charge is 0.367 e. The molecule has 6 heteroatoms. The van der Waals surface area contributed by atoms with Crippen LogP contribution in [0.4, 0.5) is 17.6 Å². The zero-order valence-corrected chi connectivity index (χ0v) is 14.2. The Hall–Kier alpha value is -2.89. The molecular formula is C19H21N5O. The first-order valence-corrected chi connectivity index (χ1v) is 8.68. The second-order valence-corrected chi connectivity index (χ2v) is 6.40. The highest BCUT2D eigenvalue weighted by molar-refractivity contribution is 5.65. The van der Waals surface area contributed by atoms with Crippen molar-refractivity contribution in [1.29, 1.82) is 0 Å². The van der Waals surface area contributed by atoms with Crippen LogP contribution >= 0.6 is 0 Å². The van der Waals surface area contributed by atoms with Crippen LogP contribution in [0.15, 0.2) is 47.0 Å². The summed E-state index contributed by atoms with van der Waals surface area (Å²) in [5.74, 6) is 2.69. The molecule has 0 bridgehead atoms. The van der Waals surface area contributed by atoms with Crippen LogP contribution in [0, 0.1) is 6.92 Å². The Morgan fingerprint density at radius 2 is 1.80 bits per heavy atom. The Balaban J connectivity index is 1.66. The normalized spacial score (nSPS) is 14.6. The lowest BCUT2D eigenvalue weighted by Gasteiger charge is -2.14. The minimum Gasteiger partial charge on any atom is -0.367 e. The van der Waals surface area contributed by atoms with Gasteiger partial charge in [0, 0.05) is 23.7 Å². The maximum absolute atomic E-state index is 5.11. The molecule has 1 aliphatic carbocycles. The average Bonchev–Trinajstić information content (AvgIpc) is 3.27. The smallest absolute Gasteiger partial charge is 0.231 e. The summed E-state index contributed by atoms with van der Waals surface area (Å²) in [4.78, 5) is 9.25. The molecule has 0 radical (unpaired) electrons. The van der Waals surface area contributed by atoms with Crippen molar-refractivity contribution in [1.82, 2.24) is 15.1 Å². The van der Waals surface area contributed by atoms with Gasteiger partial charge in [-0.3, -0.25) is 0 Å². The highest BCUT2D eigenvalue weighted by Crippen LogP contribution is 2.26. The first-order chi connectivity index (χ1) is 12.3. The standard InChI is InChI=1S/C19H21N5O/c1-13-11-18(24-25-13)23-19-21-16(14-7-3-2-4-8-14)12-17(22-19)20-15-9-5-6-10-15/h2-4,7-8,11-12,15H,5-6,9-10H2,1H3,(H2,20,21,22,23,24). The molecular weight excluding hydrogens is 314 g/mol. The van der Waals surface area contributed by atoms with Crippen LogP contribution in [0.2, 0.25) is 0 Å². The minimum atomic E-state index is 0.487. The summed E-state index contributed by atoms with van der Waals surface area (Å²) in [6, 6.07) is 14.4. The van der Waals surface area contributed by atoms with Crippen molar-refractivity contribution in [3.05, 3.63) is 48.2 Å². The van der Waals surface area contributed by atoms with E-state index in [0.717, 1.165) is 22.8 Å². The minimum absolute atomic E-state index is 0.487. The lowest BCUT2D eigenvalue weighted by Crippen LogP contribution is -2.16. The highest BCUT2D eigenvalue weighted by Gasteiger charge is 2.16. The van der Waals surface area contributed by atoms with E-state index in [1.807, 2.05) is 49.4 Å². The molecule has 0 saturated heterocycles. The third kappa shape index (κ3) is 3.79. The second-order valence-electron chi connectivity index (χ2n) is 6.40. The molecule has 0 unspecified atom stereocenters. The van der Waals surface area contributed by atoms with Gasteiger partial charge in [0.1, 0.15) is 11.6 Å². The fraction of sp³-hybridized carbons (Fsp3) is 0.316. The van der Waals surface area contributed by atoms with Gasteiger partial charge < -0.3 is 15.2 Å². The first-order valence-electron chi connectivity index (χ1n) is 8.68. The molecule has 0 amide bonds. The third-order valence-electron chi connectivity index (χ3n) is 4.37. The van der Waals surface area contributed by atoms with Crippen molar-refractivity contribution >= 4 is 17.6 Å². The molecule has 1 aliphatic rings. The fourth-order valence-corrected chi connectivity index (χ4v) is 3.15. The summed E-state index contributed by atoms with van der Waals surface area (Å²) in [6.07, 6.45) is 4.93. The van der Waals surface area contributed by atoms with E-state index in [0.29, 0.717) is 17.8 Å². The Labute approximate surface area is 146 Å². The SMILES string of the molecule is Cc1cc(Nc2nc(NC3CCCC3)cc(-c3ccccc3)n2)no1. The Kier molecular flexibility index (Phi) is 4.33. The van der Waals surface area contributed by atoms with Crippen LogP contribution in [-0.4, -0.2) is 21.2 Å². The molecule has 6 nitrogen and oxygen atoms in total. The molecule has 0 atom stereocenters. The van der Waals surface area contributed by atoms with Gasteiger partial charge in [-0.1, -0.05) is 48.3 Å². The number of rotatable bonds is 5. The van der Waals surface area contributed by atoms with Crippen LogP contribution in [0.1, 0.15) is 31.4 Å². The van der Waals surface area contributed by atoms with E-state index >= 15 is 0 Å². The summed E-state index contributed by atoms with van der Waals surface area (Å²) in [7, 11) is 0. The lowest BCUT2D eigenvalue weighted by atomic mass is 10.1. The zero-order valence-electron chi connectivity index (χ0n) is 14.2. The van der Waals surface area contributed by atoms with Gasteiger partial charge in [-0.2, -0.15) is 4.98 Å². The van der Waals surface area contributed by atoms with Gasteiger partial charge >= 0.3 is 0 Å². The summed E-state index contributed by atoms with van der Waals surface area (Å²) in [6.45, 7) is 1.85. The van der Waals surface area contributed by atoms with Crippen molar-refractivity contribution in [3.8, 4) is 11.3 Å². The van der Waals surface area contributed by atoms with Gasteiger partial charge in [0.05, 0.1) is 5.69 Å². The number of aromatic nitrogens is 3. The molecule has 25 heavy (non-hydrogen) atoms. The van der Waals surface area contributed by atoms with Crippen LogP contribution in [-0.2, 0) is 0 Å². The van der Waals surface area contributed by atoms with Gasteiger partial charge in [0.15, 0.2) is 5.82 Å². The number of hydrogen-bond donors (Lipinski definition) is 2. The molecule has 2 N–H and O–H groups in total. The molecule has 4 rings (SSSR count). The summed E-state index contributed by atoms with van der Waals surface area (Å²) >= 11 is 0. The number of benzene rings is 1. The van der Waals surface area contributed by atoms with Crippen molar-refractivity contribution in [3.63, 3.8) is 0 Å². The highest BCUT2D eigenvalue weighted by atomic mass is 16.5. The molecule has 2 aromatic heterocycles. The van der Waals surface area contributed by atoms with Crippen LogP contribution in [0.5, 0.6) is 0 Å². The summed E-state index contributed by atoms with van der Waals surface area (Å²) < 4.78 is 5.11. The zero-order chi connectivity index (χ0) is 17.1. The van der Waals surface area contributed by atoms with Crippen molar-refractivity contribution < 1.29 is 4.52 Å². The first kappa shape index (κ1) is 15.6. The molecule has 2 heterocycles. The van der Waals surface area contributed by atoms with E-state index < -0.39 is 0 Å². The molecule has 0 aliphatic heterocycles. The van der Waals surface area contributed by atoms with Gasteiger partial charge in [-0.25, -0.2) is 4.98 Å². The lowest BCUT2D eigenvalue weighted by molar-refractivity contribution is 0.400. The Bertz CT molecular complexity index is 840. The third-order valence-corrected chi connectivity index (χ3v) is 4.37. The predicted octanol–water partition coefficient (Wildman–Crippen LogP) is 4.54. The van der Waals surface area contributed by atoms with Crippen LogP contribution in [0.25, 0.3) is 11.3 Å². The van der Waals surface area contributed by atoms with Crippen molar-refractivity contribution in [2.75, 3.05) is 10.6 Å². The predicted molar refractivity (Wildman–Crippen MR) is 97.9 cm³/mol. The average molecular weight is 335 g/mol. The maximum atomic E-state index is 5.11. The van der Waals surface area contributed by atoms with Crippen LogP contribution in [0.3, 0.4) is 0 Å². The summed E-state index contributed by atoms with van der Waals surface area (Å²) in [5.41, 5.74) is 1.93. The maximum Gasteiger partial charge on any atom is 0.231 e. The quantitative estimate of drug-likeness (QED) is 0.713. The molecule has 1 aromatic carbocycles. The van der Waals surface area contributed by atoms with Crippen molar-refractivity contribution in [2.45, 2.75) is 38.6 Å². The Morgan fingerprint density at radius 1 is 1.00 bits per heavy atom. The molecule has 1 fully saturated rings. The summed E-state index contributed by atoms with van der Waals surface area (Å²) in [5, 5.41) is 10.6. The number of nitrogens with one attached hydrogen (secondary N) is 2. The van der Waals surface area contributed by atoms with E-state index in [1.54, 1.807) is 0 Å². The number of anilines is 3. The molecule has 3 aromatic rings. The van der Waals surface area contributed by atoms with E-state index in [1.165, 1.54) is 25.7 Å². The number of aryl methyl sites for hydroxylation is 1. The van der Waals surface area contributed by atoms with Gasteiger partial charge in [0.25, 0.3) is 0 Å². The van der Waals surface area contributed by atoms with E-state index in [-0.39, 0.29) is 0 Å². The van der Waals surface area contributed by atoms with E-state index in [4.69, 9.17) is 4.52 Å². The Morgan fingerprint density at radius 3 is 2.52 bits per heavy atom. The monoisotopic (exact) mass is 335 g/mol. The fourth-order valence-electron chi connectivity index (χ4n) is 3.15. The van der Waals surface area contributed by atoms with Gasteiger partial charge in [0.2, 0.25) is 5.95 Å². The topological polar surface area (TPSA) is 75.9 Å². The number of nitrogens with zero attached hydrogens (tertiary/aromatic N) is 3. The van der Waals surface area contributed by atoms with E-state index in [2.05, 4.69) is 25.8 Å². The van der Waals surface area contributed by atoms with Gasteiger partial charge in [-0.15, -0.1) is 0 Å². The molecule has 128 valence electrons. The molecule has 1 saturated carbocycles. The molecule has 0 spiro atoms. The van der Waals surface area contributed by atoms with Crippen molar-refractivity contribution in [2.24, 2.45) is 0 Å². The second kappa shape index (κ2) is 6.93. The van der Waals surface area contributed by atoms with Crippen LogP contribution < -0.4 is 10.6 Å².